The van der Waals surface area contributed by atoms with Gasteiger partial charge in [-0.25, -0.2) is 4.98 Å². The van der Waals surface area contributed by atoms with Gasteiger partial charge in [-0.3, -0.25) is 0 Å². The maximum atomic E-state index is 5.67. The van der Waals surface area contributed by atoms with Crippen LogP contribution in [0.25, 0.3) is 0 Å². The average Bonchev–Trinajstić information content (AvgIpc) is 2.83. The molecule has 0 spiro atoms. The number of hydrogen-bond donors (Lipinski definition) is 2. The van der Waals surface area contributed by atoms with E-state index in [1.807, 2.05) is 6.20 Å². The van der Waals surface area contributed by atoms with Crippen molar-refractivity contribution in [2.45, 2.75) is 51.3 Å². The number of nitrogens with zero attached hydrogens (tertiary/aromatic N) is 1. The molecule has 0 bridgehead atoms. The molecule has 3 unspecified atom stereocenters. The molecule has 0 radical (unpaired) electrons. The van der Waals surface area contributed by atoms with E-state index in [0.29, 0.717) is 12.1 Å². The molecule has 1 aromatic heterocycles. The molecular weight excluding hydrogens is 202 g/mol. The van der Waals surface area contributed by atoms with E-state index in [-0.39, 0.29) is 6.04 Å². The predicted molar refractivity (Wildman–Crippen MR) is 63.2 cm³/mol. The zero-order valence-corrected chi connectivity index (χ0v) is 10.1. The van der Waals surface area contributed by atoms with Crippen LogP contribution < -0.4 is 5.32 Å². The van der Waals surface area contributed by atoms with Crippen LogP contribution in [0.3, 0.4) is 0 Å². The lowest BCUT2D eigenvalue weighted by Crippen LogP contribution is -2.40. The summed E-state index contributed by atoms with van der Waals surface area (Å²) in [4.78, 5) is 7.42. The Labute approximate surface area is 96.8 Å². The zero-order chi connectivity index (χ0) is 11.4. The normalized spacial score (nSPS) is 27.9. The molecule has 3 atom stereocenters. The summed E-state index contributed by atoms with van der Waals surface area (Å²) in [5, 5.41) is 3.61. The zero-order valence-electron chi connectivity index (χ0n) is 10.1. The summed E-state index contributed by atoms with van der Waals surface area (Å²) in [6.07, 6.45) is 7.41. The van der Waals surface area contributed by atoms with Gasteiger partial charge in [0.25, 0.3) is 0 Å². The Morgan fingerprint density at radius 2 is 2.56 bits per heavy atom. The quantitative estimate of drug-likeness (QED) is 0.821. The number of aromatic nitrogens is 2. The number of rotatable bonds is 4. The van der Waals surface area contributed by atoms with Gasteiger partial charge in [-0.2, -0.15) is 0 Å². The van der Waals surface area contributed by atoms with E-state index in [1.54, 1.807) is 6.20 Å². The van der Waals surface area contributed by atoms with Crippen LogP contribution in [0.5, 0.6) is 0 Å². The van der Waals surface area contributed by atoms with Gasteiger partial charge in [0.2, 0.25) is 0 Å². The van der Waals surface area contributed by atoms with E-state index in [9.17, 15) is 0 Å². The van der Waals surface area contributed by atoms with Gasteiger partial charge in [0.05, 0.1) is 12.1 Å². The molecule has 1 saturated heterocycles. The third kappa shape index (κ3) is 2.83. The molecular formula is C12H21N3O. The van der Waals surface area contributed by atoms with Crippen LogP contribution in [0.2, 0.25) is 0 Å². The van der Waals surface area contributed by atoms with Gasteiger partial charge in [0, 0.05) is 25.0 Å². The van der Waals surface area contributed by atoms with Crippen molar-refractivity contribution in [3.8, 4) is 0 Å². The molecule has 0 aliphatic carbocycles. The van der Waals surface area contributed by atoms with Crippen molar-refractivity contribution < 1.29 is 4.74 Å². The highest BCUT2D eigenvalue weighted by molar-refractivity contribution is 4.95. The van der Waals surface area contributed by atoms with Crippen LogP contribution in [-0.4, -0.2) is 28.7 Å². The number of ether oxygens (including phenoxy) is 1. The molecule has 4 heteroatoms. The highest BCUT2D eigenvalue weighted by Crippen LogP contribution is 2.19. The minimum absolute atomic E-state index is 0.288. The van der Waals surface area contributed by atoms with Crippen molar-refractivity contribution in [2.24, 2.45) is 0 Å². The summed E-state index contributed by atoms with van der Waals surface area (Å²) in [6, 6.07) is 0.842. The Kier molecular flexibility index (Phi) is 3.96. The van der Waals surface area contributed by atoms with Gasteiger partial charge in [0.1, 0.15) is 5.82 Å². The maximum Gasteiger partial charge on any atom is 0.122 e. The van der Waals surface area contributed by atoms with E-state index in [0.717, 1.165) is 31.7 Å². The van der Waals surface area contributed by atoms with Crippen molar-refractivity contribution in [1.29, 1.82) is 0 Å². The third-order valence-corrected chi connectivity index (χ3v) is 3.24. The SMILES string of the molecule is CCC1CC(NC(C)c2ncc[nH]2)CCO1. The molecule has 90 valence electrons. The molecule has 1 aliphatic rings. The van der Waals surface area contributed by atoms with Gasteiger partial charge in [-0.1, -0.05) is 6.92 Å². The van der Waals surface area contributed by atoms with Gasteiger partial charge >= 0.3 is 0 Å². The first kappa shape index (κ1) is 11.6. The number of hydrogen-bond acceptors (Lipinski definition) is 3. The molecule has 1 aliphatic heterocycles. The number of aromatic amines is 1. The Balaban J connectivity index is 1.84. The minimum Gasteiger partial charge on any atom is -0.378 e. The van der Waals surface area contributed by atoms with Crippen LogP contribution in [-0.2, 0) is 4.74 Å². The summed E-state index contributed by atoms with van der Waals surface area (Å²) in [6.45, 7) is 5.21. The fourth-order valence-electron chi connectivity index (χ4n) is 2.26. The molecule has 1 fully saturated rings. The van der Waals surface area contributed by atoms with Crippen molar-refractivity contribution in [3.63, 3.8) is 0 Å². The highest BCUT2D eigenvalue weighted by atomic mass is 16.5. The van der Waals surface area contributed by atoms with Crippen molar-refractivity contribution in [2.75, 3.05) is 6.61 Å². The Hall–Kier alpha value is -0.870. The smallest absolute Gasteiger partial charge is 0.122 e. The largest absolute Gasteiger partial charge is 0.378 e. The first-order valence-corrected chi connectivity index (χ1v) is 6.16. The lowest BCUT2D eigenvalue weighted by molar-refractivity contribution is -0.00180. The highest BCUT2D eigenvalue weighted by Gasteiger charge is 2.23. The molecule has 0 saturated carbocycles. The molecule has 2 N–H and O–H groups in total. The fourth-order valence-corrected chi connectivity index (χ4v) is 2.26. The first-order chi connectivity index (χ1) is 7.79. The Morgan fingerprint density at radius 1 is 1.69 bits per heavy atom. The monoisotopic (exact) mass is 223 g/mol. The number of H-pyrrole nitrogens is 1. The third-order valence-electron chi connectivity index (χ3n) is 3.24. The van der Waals surface area contributed by atoms with E-state index in [2.05, 4.69) is 29.1 Å². The van der Waals surface area contributed by atoms with Crippen molar-refractivity contribution in [3.05, 3.63) is 18.2 Å². The lowest BCUT2D eigenvalue weighted by atomic mass is 10.0. The van der Waals surface area contributed by atoms with Gasteiger partial charge < -0.3 is 15.0 Å². The second kappa shape index (κ2) is 5.46. The summed E-state index contributed by atoms with van der Waals surface area (Å²) in [5.74, 6) is 1.01. The van der Waals surface area contributed by atoms with Gasteiger partial charge in [-0.05, 0) is 26.2 Å². The van der Waals surface area contributed by atoms with Crippen LogP contribution in [0.1, 0.15) is 45.0 Å². The standard InChI is InChI=1S/C12H21N3O/c1-3-11-8-10(4-7-16-11)15-9(2)12-13-5-6-14-12/h5-6,9-11,15H,3-4,7-8H2,1-2H3,(H,13,14). The topological polar surface area (TPSA) is 49.9 Å². The molecule has 1 aromatic rings. The second-order valence-electron chi connectivity index (χ2n) is 4.49. The van der Waals surface area contributed by atoms with Gasteiger partial charge in [-0.15, -0.1) is 0 Å². The second-order valence-corrected chi connectivity index (χ2v) is 4.49. The summed E-state index contributed by atoms with van der Waals surface area (Å²) in [7, 11) is 0. The maximum absolute atomic E-state index is 5.67. The van der Waals surface area contributed by atoms with Crippen molar-refractivity contribution in [1.82, 2.24) is 15.3 Å². The molecule has 16 heavy (non-hydrogen) atoms. The molecule has 0 amide bonds. The van der Waals surface area contributed by atoms with Gasteiger partial charge in [0.15, 0.2) is 0 Å². The molecule has 0 aromatic carbocycles. The van der Waals surface area contributed by atoms with E-state index in [1.165, 1.54) is 0 Å². The van der Waals surface area contributed by atoms with E-state index >= 15 is 0 Å². The van der Waals surface area contributed by atoms with E-state index in [4.69, 9.17) is 4.74 Å². The van der Waals surface area contributed by atoms with Crippen LogP contribution in [0.4, 0.5) is 0 Å². The van der Waals surface area contributed by atoms with Crippen molar-refractivity contribution >= 4 is 0 Å². The van der Waals surface area contributed by atoms with Crippen LogP contribution in [0, 0.1) is 0 Å². The lowest BCUT2D eigenvalue weighted by Gasteiger charge is -2.31. The van der Waals surface area contributed by atoms with Crippen LogP contribution >= 0.6 is 0 Å². The predicted octanol–water partition coefficient (Wildman–Crippen LogP) is 2.02. The first-order valence-electron chi connectivity index (χ1n) is 6.16. The number of imidazole rings is 1. The fraction of sp³-hybridized carbons (Fsp3) is 0.750. The minimum atomic E-state index is 0.288. The summed E-state index contributed by atoms with van der Waals surface area (Å²) < 4.78 is 5.67. The molecule has 2 heterocycles. The van der Waals surface area contributed by atoms with E-state index < -0.39 is 0 Å². The molecule has 2 rings (SSSR count). The Bertz CT molecular complexity index is 299. The summed E-state index contributed by atoms with van der Waals surface area (Å²) >= 11 is 0. The average molecular weight is 223 g/mol. The Morgan fingerprint density at radius 3 is 3.25 bits per heavy atom. The number of nitrogens with one attached hydrogen (secondary N) is 2. The van der Waals surface area contributed by atoms with Crippen LogP contribution in [0.15, 0.2) is 12.4 Å². The summed E-state index contributed by atoms with van der Waals surface area (Å²) in [5.41, 5.74) is 0. The molecule has 4 nitrogen and oxygen atoms in total.